The van der Waals surface area contributed by atoms with Gasteiger partial charge in [0.25, 0.3) is 0 Å². The summed E-state index contributed by atoms with van der Waals surface area (Å²) < 4.78 is 5.66. The molecule has 0 unspecified atom stereocenters. The van der Waals surface area contributed by atoms with Gasteiger partial charge in [-0.15, -0.1) is 0 Å². The molecule has 3 rings (SSSR count). The molecule has 0 atom stereocenters. The first-order valence-electron chi connectivity index (χ1n) is 8.14. The summed E-state index contributed by atoms with van der Waals surface area (Å²) >= 11 is 0. The summed E-state index contributed by atoms with van der Waals surface area (Å²) in [4.78, 5) is 27.4. The van der Waals surface area contributed by atoms with Crippen LogP contribution in [0.1, 0.15) is 16.7 Å². The van der Waals surface area contributed by atoms with Crippen LogP contribution >= 0.6 is 0 Å². The van der Waals surface area contributed by atoms with Crippen LogP contribution in [0.25, 0.3) is 11.0 Å². The molecule has 1 aromatic carbocycles. The van der Waals surface area contributed by atoms with E-state index >= 15 is 0 Å². The number of aryl methyl sites for hydroxylation is 2. The van der Waals surface area contributed by atoms with E-state index in [9.17, 15) is 9.59 Å². The first kappa shape index (κ1) is 16.5. The van der Waals surface area contributed by atoms with Crippen molar-refractivity contribution in [2.75, 3.05) is 32.8 Å². The molecule has 0 bridgehead atoms. The van der Waals surface area contributed by atoms with Gasteiger partial charge in [-0.3, -0.25) is 9.59 Å². The van der Waals surface area contributed by atoms with E-state index in [1.807, 2.05) is 26.0 Å². The topological polar surface area (TPSA) is 74.0 Å². The normalized spacial score (nSPS) is 15.1. The molecule has 0 aliphatic carbocycles. The highest BCUT2D eigenvalue weighted by atomic mass is 16.3. The van der Waals surface area contributed by atoms with Crippen molar-refractivity contribution in [3.63, 3.8) is 0 Å². The van der Waals surface area contributed by atoms with Gasteiger partial charge in [0.05, 0.1) is 12.7 Å². The number of fused-ring (bicyclic) bond motifs is 1. The maximum Gasteiger partial charge on any atom is 0.248 e. The standard InChI is InChI=1S/C18H22N2O4/c1-12-3-4-15-14(11-24-18(15)13(12)2)9-16(22)19-5-7-20(8-6-19)17(23)10-21/h3-4,11,21H,5-10H2,1-2H3. The van der Waals surface area contributed by atoms with Crippen LogP contribution in [-0.4, -0.2) is 59.5 Å². The van der Waals surface area contributed by atoms with Gasteiger partial charge in [0, 0.05) is 37.1 Å². The molecule has 0 spiro atoms. The fraction of sp³-hybridized carbons (Fsp3) is 0.444. The molecular formula is C18H22N2O4. The highest BCUT2D eigenvalue weighted by Crippen LogP contribution is 2.27. The average molecular weight is 330 g/mol. The summed E-state index contributed by atoms with van der Waals surface area (Å²) in [6.45, 7) is 5.51. The second-order valence-corrected chi connectivity index (χ2v) is 6.24. The van der Waals surface area contributed by atoms with Gasteiger partial charge in [-0.05, 0) is 25.0 Å². The van der Waals surface area contributed by atoms with Gasteiger partial charge in [-0.2, -0.15) is 0 Å². The molecule has 0 saturated carbocycles. The molecule has 1 N–H and O–H groups in total. The number of carbonyl (C=O) groups excluding carboxylic acids is 2. The van der Waals surface area contributed by atoms with Crippen LogP contribution in [0.15, 0.2) is 22.8 Å². The summed E-state index contributed by atoms with van der Waals surface area (Å²) in [5, 5.41) is 9.88. The Labute approximate surface area is 140 Å². The number of furan rings is 1. The lowest BCUT2D eigenvalue weighted by Gasteiger charge is -2.34. The Bertz CT molecular complexity index is 773. The van der Waals surface area contributed by atoms with Gasteiger partial charge in [-0.1, -0.05) is 12.1 Å². The molecule has 1 aromatic heterocycles. The van der Waals surface area contributed by atoms with Crippen molar-refractivity contribution in [3.05, 3.63) is 35.1 Å². The van der Waals surface area contributed by atoms with Crippen LogP contribution in [-0.2, 0) is 16.0 Å². The monoisotopic (exact) mass is 330 g/mol. The third-order valence-corrected chi connectivity index (χ3v) is 4.80. The van der Waals surface area contributed by atoms with Crippen molar-refractivity contribution < 1.29 is 19.1 Å². The van der Waals surface area contributed by atoms with Crippen LogP contribution < -0.4 is 0 Å². The van der Waals surface area contributed by atoms with Gasteiger partial charge in [-0.25, -0.2) is 0 Å². The minimum atomic E-state index is -0.478. The Morgan fingerprint density at radius 3 is 2.33 bits per heavy atom. The lowest BCUT2D eigenvalue weighted by atomic mass is 10.0. The Kier molecular flexibility index (Phi) is 4.57. The van der Waals surface area contributed by atoms with Crippen molar-refractivity contribution in [1.82, 2.24) is 9.80 Å². The molecule has 1 aliphatic heterocycles. The van der Waals surface area contributed by atoms with Gasteiger partial charge < -0.3 is 19.3 Å². The smallest absolute Gasteiger partial charge is 0.248 e. The first-order valence-corrected chi connectivity index (χ1v) is 8.14. The highest BCUT2D eigenvalue weighted by Gasteiger charge is 2.24. The Morgan fingerprint density at radius 2 is 1.71 bits per heavy atom. The number of nitrogens with zero attached hydrogens (tertiary/aromatic N) is 2. The molecule has 128 valence electrons. The van der Waals surface area contributed by atoms with E-state index in [0.717, 1.165) is 22.1 Å². The fourth-order valence-corrected chi connectivity index (χ4v) is 3.11. The molecule has 1 saturated heterocycles. The minimum Gasteiger partial charge on any atom is -0.464 e. The van der Waals surface area contributed by atoms with E-state index in [1.165, 1.54) is 5.56 Å². The lowest BCUT2D eigenvalue weighted by Crippen LogP contribution is -2.51. The molecule has 6 heteroatoms. The zero-order valence-electron chi connectivity index (χ0n) is 14.0. The predicted octanol–water partition coefficient (Wildman–Crippen LogP) is 1.26. The SMILES string of the molecule is Cc1ccc2c(CC(=O)N3CCN(C(=O)CO)CC3)coc2c1C. The van der Waals surface area contributed by atoms with Crippen molar-refractivity contribution in [2.24, 2.45) is 0 Å². The molecule has 2 aromatic rings. The van der Waals surface area contributed by atoms with Crippen molar-refractivity contribution in [2.45, 2.75) is 20.3 Å². The number of piperazine rings is 1. The van der Waals surface area contributed by atoms with E-state index in [2.05, 4.69) is 0 Å². The van der Waals surface area contributed by atoms with E-state index in [1.54, 1.807) is 16.1 Å². The lowest BCUT2D eigenvalue weighted by molar-refractivity contribution is -0.140. The van der Waals surface area contributed by atoms with Gasteiger partial charge in [0.1, 0.15) is 12.2 Å². The number of hydrogen-bond donors (Lipinski definition) is 1. The average Bonchev–Trinajstić information content (AvgIpc) is 3.01. The van der Waals surface area contributed by atoms with Crippen LogP contribution in [0.5, 0.6) is 0 Å². The van der Waals surface area contributed by atoms with E-state index < -0.39 is 6.61 Å². The van der Waals surface area contributed by atoms with E-state index in [4.69, 9.17) is 9.52 Å². The van der Waals surface area contributed by atoms with Crippen molar-refractivity contribution >= 4 is 22.8 Å². The summed E-state index contributed by atoms with van der Waals surface area (Å²) in [6.07, 6.45) is 1.96. The largest absolute Gasteiger partial charge is 0.464 e. The first-order chi connectivity index (χ1) is 11.5. The molecule has 2 amide bonds. The van der Waals surface area contributed by atoms with E-state index in [-0.39, 0.29) is 11.8 Å². The van der Waals surface area contributed by atoms with Crippen molar-refractivity contribution in [3.8, 4) is 0 Å². The third kappa shape index (κ3) is 3.01. The molecule has 0 radical (unpaired) electrons. The Hall–Kier alpha value is -2.34. The second-order valence-electron chi connectivity index (χ2n) is 6.24. The number of rotatable bonds is 3. The van der Waals surface area contributed by atoms with Crippen LogP contribution in [0, 0.1) is 13.8 Å². The molecule has 24 heavy (non-hydrogen) atoms. The minimum absolute atomic E-state index is 0.0343. The molecule has 6 nitrogen and oxygen atoms in total. The summed E-state index contributed by atoms with van der Waals surface area (Å²) in [5.74, 6) is -0.249. The second kappa shape index (κ2) is 6.65. The number of aliphatic hydroxyl groups excluding tert-OH is 1. The van der Waals surface area contributed by atoms with Gasteiger partial charge in [0.2, 0.25) is 11.8 Å². The Balaban J connectivity index is 1.68. The predicted molar refractivity (Wildman–Crippen MR) is 89.6 cm³/mol. The van der Waals surface area contributed by atoms with E-state index in [0.29, 0.717) is 32.6 Å². The highest BCUT2D eigenvalue weighted by molar-refractivity contribution is 5.89. The summed E-state index contributed by atoms with van der Waals surface area (Å²) in [6, 6.07) is 4.04. The number of carbonyl (C=O) groups is 2. The molecular weight excluding hydrogens is 308 g/mol. The maximum atomic E-state index is 12.5. The number of hydrogen-bond acceptors (Lipinski definition) is 4. The number of aliphatic hydroxyl groups is 1. The molecule has 2 heterocycles. The zero-order valence-corrected chi connectivity index (χ0v) is 14.0. The zero-order chi connectivity index (χ0) is 17.3. The summed E-state index contributed by atoms with van der Waals surface area (Å²) in [7, 11) is 0. The summed E-state index contributed by atoms with van der Waals surface area (Å²) in [5.41, 5.74) is 4.00. The molecule has 1 fully saturated rings. The van der Waals surface area contributed by atoms with Crippen LogP contribution in [0.4, 0.5) is 0 Å². The number of benzene rings is 1. The van der Waals surface area contributed by atoms with Crippen LogP contribution in [0.3, 0.4) is 0 Å². The Morgan fingerprint density at radius 1 is 1.08 bits per heavy atom. The van der Waals surface area contributed by atoms with Crippen LogP contribution in [0.2, 0.25) is 0 Å². The number of amides is 2. The quantitative estimate of drug-likeness (QED) is 0.919. The van der Waals surface area contributed by atoms with Gasteiger partial charge in [0.15, 0.2) is 0 Å². The molecule has 1 aliphatic rings. The third-order valence-electron chi connectivity index (χ3n) is 4.80. The van der Waals surface area contributed by atoms with Crippen molar-refractivity contribution in [1.29, 1.82) is 0 Å². The fourth-order valence-electron chi connectivity index (χ4n) is 3.11. The van der Waals surface area contributed by atoms with Gasteiger partial charge >= 0.3 is 0 Å². The maximum absolute atomic E-state index is 12.5.